The minimum absolute atomic E-state index is 0.101. The molecule has 0 fully saturated rings. The Morgan fingerprint density at radius 2 is 2.05 bits per heavy atom. The van der Waals surface area contributed by atoms with Crippen molar-refractivity contribution in [2.75, 3.05) is 6.61 Å². The van der Waals surface area contributed by atoms with E-state index >= 15 is 0 Å². The Morgan fingerprint density at radius 3 is 2.62 bits per heavy atom. The van der Waals surface area contributed by atoms with Gasteiger partial charge in [0, 0.05) is 24.2 Å². The maximum Gasteiger partial charge on any atom is 0.259 e. The Hall–Kier alpha value is -2.17. The van der Waals surface area contributed by atoms with Crippen LogP contribution in [0.3, 0.4) is 0 Å². The van der Waals surface area contributed by atoms with Crippen LogP contribution >= 0.6 is 0 Å². The van der Waals surface area contributed by atoms with E-state index < -0.39 is 0 Å². The number of aryl methyl sites for hydroxylation is 2. The van der Waals surface area contributed by atoms with Gasteiger partial charge in [0.1, 0.15) is 5.82 Å². The van der Waals surface area contributed by atoms with Gasteiger partial charge in [-0.05, 0) is 25.8 Å². The van der Waals surface area contributed by atoms with Crippen molar-refractivity contribution in [3.63, 3.8) is 0 Å². The quantitative estimate of drug-likeness (QED) is 0.887. The van der Waals surface area contributed by atoms with E-state index in [4.69, 9.17) is 4.74 Å². The van der Waals surface area contributed by atoms with Crippen LogP contribution in [0, 0.1) is 0 Å². The predicted molar refractivity (Wildman–Crippen MR) is 82.6 cm³/mol. The molecule has 1 N–H and O–H groups in total. The summed E-state index contributed by atoms with van der Waals surface area (Å²) in [5.74, 6) is 1.31. The fraction of sp³-hybridized carbons (Fsp3) is 0.438. The van der Waals surface area contributed by atoms with E-state index in [1.165, 1.54) is 0 Å². The van der Waals surface area contributed by atoms with Gasteiger partial charge in [0.25, 0.3) is 5.56 Å². The number of aromatic amines is 1. The van der Waals surface area contributed by atoms with E-state index in [0.29, 0.717) is 24.5 Å². The number of nitrogens with zero attached hydrogens (tertiary/aromatic N) is 2. The summed E-state index contributed by atoms with van der Waals surface area (Å²) in [7, 11) is 0. The monoisotopic (exact) mass is 287 g/mol. The molecule has 5 nitrogen and oxygen atoms in total. The van der Waals surface area contributed by atoms with Gasteiger partial charge in [0.15, 0.2) is 0 Å². The van der Waals surface area contributed by atoms with Crippen LogP contribution in [-0.4, -0.2) is 21.6 Å². The summed E-state index contributed by atoms with van der Waals surface area (Å²) in [4.78, 5) is 24.0. The molecular formula is C16H21N3O2. The number of hydrogen-bond donors (Lipinski definition) is 1. The molecule has 2 heterocycles. The third-order valence-corrected chi connectivity index (χ3v) is 3.18. The van der Waals surface area contributed by atoms with Crippen LogP contribution in [0.2, 0.25) is 0 Å². The molecule has 0 aromatic carbocycles. The van der Waals surface area contributed by atoms with E-state index in [0.717, 1.165) is 29.9 Å². The summed E-state index contributed by atoms with van der Waals surface area (Å²) in [5, 5.41) is 0. The summed E-state index contributed by atoms with van der Waals surface area (Å²) in [6.45, 7) is 6.55. The van der Waals surface area contributed by atoms with Crippen molar-refractivity contribution < 1.29 is 4.74 Å². The van der Waals surface area contributed by atoms with Gasteiger partial charge in [-0.15, -0.1) is 0 Å². The fourth-order valence-electron chi connectivity index (χ4n) is 2.24. The summed E-state index contributed by atoms with van der Waals surface area (Å²) < 4.78 is 5.32. The number of nitrogens with one attached hydrogen (secondary N) is 1. The average Bonchev–Trinajstić information content (AvgIpc) is 2.48. The van der Waals surface area contributed by atoms with Gasteiger partial charge in [-0.1, -0.05) is 13.8 Å². The van der Waals surface area contributed by atoms with Gasteiger partial charge in [-0.3, -0.25) is 4.79 Å². The lowest BCUT2D eigenvalue weighted by Gasteiger charge is -2.09. The van der Waals surface area contributed by atoms with Crippen LogP contribution in [-0.2, 0) is 12.8 Å². The van der Waals surface area contributed by atoms with Crippen molar-refractivity contribution in [1.82, 2.24) is 15.0 Å². The molecule has 0 radical (unpaired) electrons. The highest BCUT2D eigenvalue weighted by atomic mass is 16.5. The lowest BCUT2D eigenvalue weighted by Crippen LogP contribution is -2.17. The molecule has 0 saturated heterocycles. The highest BCUT2D eigenvalue weighted by molar-refractivity contribution is 5.64. The van der Waals surface area contributed by atoms with Crippen molar-refractivity contribution in [3.05, 3.63) is 40.2 Å². The van der Waals surface area contributed by atoms with Crippen molar-refractivity contribution >= 4 is 0 Å². The molecule has 5 heteroatoms. The van der Waals surface area contributed by atoms with Gasteiger partial charge < -0.3 is 9.72 Å². The van der Waals surface area contributed by atoms with E-state index in [1.807, 2.05) is 19.9 Å². The van der Waals surface area contributed by atoms with Gasteiger partial charge in [-0.25, -0.2) is 9.97 Å². The van der Waals surface area contributed by atoms with Gasteiger partial charge >= 0.3 is 0 Å². The van der Waals surface area contributed by atoms with Crippen LogP contribution in [0.1, 0.15) is 38.7 Å². The summed E-state index contributed by atoms with van der Waals surface area (Å²) in [6.07, 6.45) is 4.11. The third-order valence-electron chi connectivity index (χ3n) is 3.18. The third kappa shape index (κ3) is 3.48. The predicted octanol–water partition coefficient (Wildman–Crippen LogP) is 2.75. The molecule has 0 bridgehead atoms. The zero-order valence-electron chi connectivity index (χ0n) is 12.8. The van der Waals surface area contributed by atoms with E-state index in [2.05, 4.69) is 21.9 Å². The minimum Gasteiger partial charge on any atom is -0.478 e. The van der Waals surface area contributed by atoms with Gasteiger partial charge in [0.2, 0.25) is 5.88 Å². The smallest absolute Gasteiger partial charge is 0.259 e. The maximum atomic E-state index is 12.4. The van der Waals surface area contributed by atoms with Crippen LogP contribution in [0.4, 0.5) is 0 Å². The molecule has 0 aliphatic heterocycles. The standard InChI is InChI=1S/C16H21N3O2/c1-4-7-13-18-12(5-2)15(16(20)19-13)11-8-9-14(17-10-11)21-6-3/h8-10H,4-7H2,1-3H3,(H,18,19,20). The van der Waals surface area contributed by atoms with E-state index in [1.54, 1.807) is 12.3 Å². The number of H-pyrrole nitrogens is 1. The zero-order valence-corrected chi connectivity index (χ0v) is 12.8. The highest BCUT2D eigenvalue weighted by Crippen LogP contribution is 2.20. The first-order chi connectivity index (χ1) is 10.2. The molecule has 0 amide bonds. The second-order valence-electron chi connectivity index (χ2n) is 4.76. The second kappa shape index (κ2) is 7.02. The van der Waals surface area contributed by atoms with Crippen molar-refractivity contribution in [1.29, 1.82) is 0 Å². The Kier molecular flexibility index (Phi) is 5.09. The first kappa shape index (κ1) is 15.2. The Balaban J connectivity index is 2.45. The van der Waals surface area contributed by atoms with Crippen LogP contribution < -0.4 is 10.3 Å². The number of ether oxygens (including phenoxy) is 1. The summed E-state index contributed by atoms with van der Waals surface area (Å²) in [6, 6.07) is 3.63. The molecule has 2 aromatic rings. The Bertz CT molecular complexity index is 648. The van der Waals surface area contributed by atoms with Gasteiger partial charge in [-0.2, -0.15) is 0 Å². The zero-order chi connectivity index (χ0) is 15.2. The number of hydrogen-bond acceptors (Lipinski definition) is 4. The van der Waals surface area contributed by atoms with E-state index in [9.17, 15) is 4.79 Å². The summed E-state index contributed by atoms with van der Waals surface area (Å²) >= 11 is 0. The van der Waals surface area contributed by atoms with Crippen LogP contribution in [0.15, 0.2) is 23.1 Å². The molecule has 2 aromatic heterocycles. The highest BCUT2D eigenvalue weighted by Gasteiger charge is 2.12. The Labute approximate surface area is 124 Å². The van der Waals surface area contributed by atoms with E-state index in [-0.39, 0.29) is 5.56 Å². The number of rotatable bonds is 6. The van der Waals surface area contributed by atoms with Crippen molar-refractivity contribution in [2.24, 2.45) is 0 Å². The fourth-order valence-corrected chi connectivity index (χ4v) is 2.24. The second-order valence-corrected chi connectivity index (χ2v) is 4.76. The molecule has 0 aliphatic carbocycles. The maximum absolute atomic E-state index is 12.4. The van der Waals surface area contributed by atoms with Crippen LogP contribution in [0.5, 0.6) is 5.88 Å². The SMILES string of the molecule is CCCc1nc(CC)c(-c2ccc(OCC)nc2)c(=O)[nH]1. The molecular weight excluding hydrogens is 266 g/mol. The first-order valence-electron chi connectivity index (χ1n) is 7.40. The molecule has 21 heavy (non-hydrogen) atoms. The van der Waals surface area contributed by atoms with Crippen LogP contribution in [0.25, 0.3) is 11.1 Å². The van der Waals surface area contributed by atoms with Gasteiger partial charge in [0.05, 0.1) is 17.9 Å². The van der Waals surface area contributed by atoms with Crippen molar-refractivity contribution in [3.8, 4) is 17.0 Å². The normalized spacial score (nSPS) is 10.6. The molecule has 0 atom stereocenters. The lowest BCUT2D eigenvalue weighted by atomic mass is 10.1. The topological polar surface area (TPSA) is 67.9 Å². The molecule has 0 saturated carbocycles. The lowest BCUT2D eigenvalue weighted by molar-refractivity contribution is 0.327. The molecule has 0 unspecified atom stereocenters. The number of aromatic nitrogens is 3. The molecule has 0 spiro atoms. The average molecular weight is 287 g/mol. The first-order valence-corrected chi connectivity index (χ1v) is 7.40. The molecule has 0 aliphatic rings. The van der Waals surface area contributed by atoms with Crippen molar-refractivity contribution in [2.45, 2.75) is 40.0 Å². The largest absolute Gasteiger partial charge is 0.478 e. The number of pyridine rings is 1. The summed E-state index contributed by atoms with van der Waals surface area (Å²) in [5.41, 5.74) is 2.09. The Morgan fingerprint density at radius 1 is 1.24 bits per heavy atom. The molecule has 112 valence electrons. The minimum atomic E-state index is -0.101. The molecule has 2 rings (SSSR count).